The Labute approximate surface area is 62.5 Å². The molecule has 1 N–H and O–H groups in total. The second-order valence-corrected chi connectivity index (χ2v) is 1.61. The average Bonchev–Trinajstić information content (AvgIpc) is 2.10. The Morgan fingerprint density at radius 1 is 1.20 bits per heavy atom. The molecule has 0 aliphatic carbocycles. The maximum absolute atomic E-state index is 6.50. The second-order valence-electron chi connectivity index (χ2n) is 1.61. The van der Waals surface area contributed by atoms with Crippen LogP contribution >= 0.6 is 0 Å². The first-order valence-corrected chi connectivity index (χ1v) is 2.87. The van der Waals surface area contributed by atoms with Gasteiger partial charge in [0.2, 0.25) is 0 Å². The van der Waals surface area contributed by atoms with Crippen LogP contribution < -0.4 is 0 Å². The van der Waals surface area contributed by atoms with Crippen LogP contribution in [0, 0.1) is 0 Å². The molecule has 0 saturated carbocycles. The zero-order valence-electron chi connectivity index (χ0n) is 5.70. The van der Waals surface area contributed by atoms with Gasteiger partial charge >= 0.3 is 0 Å². The topological polar surface area (TPSA) is 20.2 Å². The SMILES string of the molecule is C=Cc1ccccc1.[B]O. The van der Waals surface area contributed by atoms with E-state index in [-0.39, 0.29) is 0 Å². The lowest BCUT2D eigenvalue weighted by atomic mass is 10.2. The molecule has 10 heavy (non-hydrogen) atoms. The lowest BCUT2D eigenvalue weighted by Gasteiger charge is -1.85. The highest BCUT2D eigenvalue weighted by Gasteiger charge is 1.75. The van der Waals surface area contributed by atoms with Crippen LogP contribution in [0.3, 0.4) is 0 Å². The second kappa shape index (κ2) is 6.11. The van der Waals surface area contributed by atoms with Crippen LogP contribution in [0.25, 0.3) is 6.08 Å². The van der Waals surface area contributed by atoms with Crippen LogP contribution in [0.5, 0.6) is 0 Å². The van der Waals surface area contributed by atoms with Crippen LogP contribution in [0.15, 0.2) is 36.9 Å². The predicted molar refractivity (Wildman–Crippen MR) is 44.5 cm³/mol. The van der Waals surface area contributed by atoms with E-state index in [2.05, 4.69) is 14.6 Å². The molecule has 2 radical (unpaired) electrons. The number of benzene rings is 1. The molecule has 0 atom stereocenters. The highest BCUT2D eigenvalue weighted by Crippen LogP contribution is 1.97. The highest BCUT2D eigenvalue weighted by atomic mass is 16.2. The van der Waals surface area contributed by atoms with E-state index in [1.165, 1.54) is 5.56 Å². The van der Waals surface area contributed by atoms with Gasteiger partial charge < -0.3 is 5.02 Å². The van der Waals surface area contributed by atoms with Gasteiger partial charge in [-0.1, -0.05) is 43.0 Å². The van der Waals surface area contributed by atoms with Crippen LogP contribution in [0.1, 0.15) is 5.56 Å². The van der Waals surface area contributed by atoms with E-state index in [1.807, 2.05) is 36.4 Å². The van der Waals surface area contributed by atoms with Gasteiger partial charge in [-0.15, -0.1) is 0 Å². The molecular formula is C8H9BO. The van der Waals surface area contributed by atoms with Gasteiger partial charge in [-0.25, -0.2) is 0 Å². The van der Waals surface area contributed by atoms with Gasteiger partial charge in [0.1, 0.15) is 0 Å². The fourth-order valence-corrected chi connectivity index (χ4v) is 0.589. The lowest BCUT2D eigenvalue weighted by molar-refractivity contribution is 0.629. The molecule has 0 bridgehead atoms. The van der Waals surface area contributed by atoms with E-state index in [4.69, 9.17) is 5.02 Å². The van der Waals surface area contributed by atoms with Gasteiger partial charge in [0.25, 0.3) is 8.05 Å². The summed E-state index contributed by atoms with van der Waals surface area (Å²) in [6.45, 7) is 3.63. The van der Waals surface area contributed by atoms with Crippen LogP contribution in [-0.4, -0.2) is 13.1 Å². The fourth-order valence-electron chi connectivity index (χ4n) is 0.589. The van der Waals surface area contributed by atoms with Gasteiger partial charge in [0, 0.05) is 0 Å². The molecule has 2 heteroatoms. The maximum Gasteiger partial charge on any atom is 0.277 e. The van der Waals surface area contributed by atoms with Crippen LogP contribution in [-0.2, 0) is 0 Å². The summed E-state index contributed by atoms with van der Waals surface area (Å²) in [6.07, 6.45) is 1.83. The quantitative estimate of drug-likeness (QED) is 0.572. The van der Waals surface area contributed by atoms with E-state index in [9.17, 15) is 0 Å². The van der Waals surface area contributed by atoms with Crippen molar-refractivity contribution in [3.05, 3.63) is 42.5 Å². The predicted octanol–water partition coefficient (Wildman–Crippen LogP) is 1.39. The molecule has 50 valence electrons. The molecule has 0 spiro atoms. The molecule has 0 amide bonds. The van der Waals surface area contributed by atoms with Crippen molar-refractivity contribution in [2.24, 2.45) is 0 Å². The average molecular weight is 132 g/mol. The minimum Gasteiger partial charge on any atom is -0.461 e. The highest BCUT2D eigenvalue weighted by molar-refractivity contribution is 5.95. The van der Waals surface area contributed by atoms with Gasteiger partial charge in [-0.3, -0.25) is 0 Å². The van der Waals surface area contributed by atoms with E-state index < -0.39 is 0 Å². The first kappa shape index (κ1) is 8.98. The summed E-state index contributed by atoms with van der Waals surface area (Å²) in [4.78, 5) is 0. The van der Waals surface area contributed by atoms with Crippen molar-refractivity contribution in [3.8, 4) is 0 Å². The standard InChI is InChI=1S/C8H8.BHO/c1-2-8-6-4-3-5-7-8;1-2/h2-7H,1H2;2H. The van der Waals surface area contributed by atoms with Gasteiger partial charge in [-0.05, 0) is 5.56 Å². The molecule has 1 nitrogen and oxygen atoms in total. The zero-order valence-corrected chi connectivity index (χ0v) is 5.70. The van der Waals surface area contributed by atoms with Crippen molar-refractivity contribution < 1.29 is 5.02 Å². The Hall–Kier alpha value is -1.02. The van der Waals surface area contributed by atoms with E-state index in [0.29, 0.717) is 0 Å². The van der Waals surface area contributed by atoms with Crippen molar-refractivity contribution in [3.63, 3.8) is 0 Å². The third kappa shape index (κ3) is 3.10. The minimum absolute atomic E-state index is 1.17. The third-order valence-corrected chi connectivity index (χ3v) is 1.04. The first-order chi connectivity index (χ1) is 4.93. The maximum atomic E-state index is 6.50. The summed E-state index contributed by atoms with van der Waals surface area (Å²) in [6, 6.07) is 10.0. The third-order valence-electron chi connectivity index (χ3n) is 1.04. The van der Waals surface area contributed by atoms with E-state index in [0.717, 1.165) is 0 Å². The Morgan fingerprint density at radius 2 is 1.70 bits per heavy atom. The molecule has 0 fully saturated rings. The summed E-state index contributed by atoms with van der Waals surface area (Å²) in [7, 11) is 3.50. The van der Waals surface area contributed by atoms with E-state index in [1.54, 1.807) is 0 Å². The molecule has 1 aromatic rings. The minimum atomic E-state index is 1.17. The van der Waals surface area contributed by atoms with Crippen LogP contribution in [0.2, 0.25) is 0 Å². The largest absolute Gasteiger partial charge is 0.461 e. The summed E-state index contributed by atoms with van der Waals surface area (Å²) >= 11 is 0. The van der Waals surface area contributed by atoms with Crippen LogP contribution in [0.4, 0.5) is 0 Å². The van der Waals surface area contributed by atoms with Crippen molar-refractivity contribution in [1.29, 1.82) is 0 Å². The normalized spacial score (nSPS) is 7.30. The molecule has 1 aromatic carbocycles. The summed E-state index contributed by atoms with van der Waals surface area (Å²) in [5.74, 6) is 0. The zero-order chi connectivity index (χ0) is 7.82. The summed E-state index contributed by atoms with van der Waals surface area (Å²) < 4.78 is 0. The molecule has 0 aliphatic rings. The van der Waals surface area contributed by atoms with Crippen molar-refractivity contribution in [2.45, 2.75) is 0 Å². The summed E-state index contributed by atoms with van der Waals surface area (Å²) in [5, 5.41) is 6.50. The van der Waals surface area contributed by atoms with Gasteiger partial charge in [0.05, 0.1) is 0 Å². The summed E-state index contributed by atoms with van der Waals surface area (Å²) in [5.41, 5.74) is 1.17. The number of rotatable bonds is 1. The first-order valence-electron chi connectivity index (χ1n) is 2.87. The fraction of sp³-hybridized carbons (Fsp3) is 0. The smallest absolute Gasteiger partial charge is 0.277 e. The lowest BCUT2D eigenvalue weighted by Crippen LogP contribution is -1.63. The number of hydrogen-bond donors (Lipinski definition) is 1. The number of hydrogen-bond acceptors (Lipinski definition) is 1. The Balaban J connectivity index is 0.000000371. The van der Waals surface area contributed by atoms with Crippen molar-refractivity contribution >= 4 is 14.1 Å². The molecule has 0 saturated heterocycles. The molecule has 1 rings (SSSR count). The van der Waals surface area contributed by atoms with Gasteiger partial charge in [0.15, 0.2) is 0 Å². The molecular weight excluding hydrogens is 123 g/mol. The van der Waals surface area contributed by atoms with E-state index >= 15 is 0 Å². The monoisotopic (exact) mass is 132 g/mol. The Morgan fingerprint density at radius 3 is 2.00 bits per heavy atom. The van der Waals surface area contributed by atoms with Gasteiger partial charge in [-0.2, -0.15) is 0 Å². The van der Waals surface area contributed by atoms with Crippen molar-refractivity contribution in [1.82, 2.24) is 0 Å². The van der Waals surface area contributed by atoms with Crippen molar-refractivity contribution in [2.75, 3.05) is 0 Å². The Bertz CT molecular complexity index is 172. The molecule has 0 heterocycles. The Kier molecular flexibility index (Phi) is 5.49. The molecule has 0 unspecified atom stereocenters. The molecule has 0 aliphatic heterocycles. The molecule has 0 aromatic heterocycles.